The van der Waals surface area contributed by atoms with Crippen molar-refractivity contribution in [2.75, 3.05) is 27.3 Å². The summed E-state index contributed by atoms with van der Waals surface area (Å²) < 4.78 is 10.8. The molecule has 0 saturated heterocycles. The molecule has 0 spiro atoms. The lowest BCUT2D eigenvalue weighted by Gasteiger charge is -2.34. The number of rotatable bonds is 5. The van der Waals surface area contributed by atoms with Crippen LogP contribution >= 0.6 is 0 Å². The summed E-state index contributed by atoms with van der Waals surface area (Å²) in [5, 5.41) is 0. The summed E-state index contributed by atoms with van der Waals surface area (Å²) in [4.78, 5) is 28.9. The molecular formula is C22H32N2O4. The third-order valence-electron chi connectivity index (χ3n) is 6.05. The summed E-state index contributed by atoms with van der Waals surface area (Å²) in [6, 6.07) is 4.16. The van der Waals surface area contributed by atoms with Crippen molar-refractivity contribution in [3.8, 4) is 11.5 Å². The van der Waals surface area contributed by atoms with E-state index in [1.807, 2.05) is 17.0 Å². The predicted molar refractivity (Wildman–Crippen MR) is 108 cm³/mol. The van der Waals surface area contributed by atoms with Crippen molar-refractivity contribution >= 4 is 11.8 Å². The molecule has 0 atom stereocenters. The normalized spacial score (nSPS) is 17.5. The monoisotopic (exact) mass is 388 g/mol. The Kier molecular flexibility index (Phi) is 6.81. The lowest BCUT2D eigenvalue weighted by molar-refractivity contribution is -0.142. The van der Waals surface area contributed by atoms with Crippen molar-refractivity contribution in [3.63, 3.8) is 0 Å². The van der Waals surface area contributed by atoms with E-state index in [1.165, 1.54) is 18.4 Å². The summed E-state index contributed by atoms with van der Waals surface area (Å²) in [6.45, 7) is 2.98. The topological polar surface area (TPSA) is 59.1 Å². The summed E-state index contributed by atoms with van der Waals surface area (Å²) in [5.74, 6) is 1.43. The van der Waals surface area contributed by atoms with Crippen molar-refractivity contribution in [1.82, 2.24) is 9.80 Å². The molecule has 1 fully saturated rings. The van der Waals surface area contributed by atoms with Crippen LogP contribution in [-0.2, 0) is 22.6 Å². The highest BCUT2D eigenvalue weighted by Gasteiger charge is 2.28. The maximum atomic E-state index is 13.0. The van der Waals surface area contributed by atoms with Gasteiger partial charge in [-0.05, 0) is 42.5 Å². The van der Waals surface area contributed by atoms with Crippen molar-refractivity contribution in [1.29, 1.82) is 0 Å². The van der Waals surface area contributed by atoms with Crippen molar-refractivity contribution in [2.24, 2.45) is 0 Å². The number of nitrogens with zero attached hydrogens (tertiary/aromatic N) is 2. The molecule has 1 aromatic rings. The Morgan fingerprint density at radius 1 is 1.04 bits per heavy atom. The largest absolute Gasteiger partial charge is 0.493 e. The molecule has 0 aromatic heterocycles. The summed E-state index contributed by atoms with van der Waals surface area (Å²) in [6.07, 6.45) is 7.53. The van der Waals surface area contributed by atoms with Crippen LogP contribution in [0.5, 0.6) is 11.5 Å². The van der Waals surface area contributed by atoms with Crippen LogP contribution in [-0.4, -0.2) is 55.0 Å². The van der Waals surface area contributed by atoms with Crippen LogP contribution in [0.2, 0.25) is 0 Å². The minimum atomic E-state index is 0.00376. The first-order valence-corrected chi connectivity index (χ1v) is 10.3. The molecule has 28 heavy (non-hydrogen) atoms. The van der Waals surface area contributed by atoms with Gasteiger partial charge in [0.15, 0.2) is 11.5 Å². The van der Waals surface area contributed by atoms with Gasteiger partial charge in [0.05, 0.1) is 14.2 Å². The molecule has 154 valence electrons. The third-order valence-corrected chi connectivity index (χ3v) is 6.05. The third kappa shape index (κ3) is 4.59. The maximum absolute atomic E-state index is 13.0. The van der Waals surface area contributed by atoms with Crippen LogP contribution in [0, 0.1) is 0 Å². The second kappa shape index (κ2) is 9.30. The minimum Gasteiger partial charge on any atom is -0.493 e. The number of ether oxygens (including phenoxy) is 2. The molecule has 0 bridgehead atoms. The molecule has 2 amide bonds. The average molecular weight is 389 g/mol. The second-order valence-electron chi connectivity index (χ2n) is 7.83. The molecule has 1 heterocycles. The van der Waals surface area contributed by atoms with Crippen molar-refractivity contribution < 1.29 is 19.1 Å². The Hall–Kier alpha value is -2.24. The zero-order valence-electron chi connectivity index (χ0n) is 17.3. The first-order valence-electron chi connectivity index (χ1n) is 10.3. The molecule has 0 unspecified atom stereocenters. The van der Waals surface area contributed by atoms with E-state index in [-0.39, 0.29) is 24.4 Å². The smallest absolute Gasteiger partial charge is 0.242 e. The van der Waals surface area contributed by atoms with Crippen LogP contribution < -0.4 is 9.47 Å². The van der Waals surface area contributed by atoms with Gasteiger partial charge in [0.2, 0.25) is 11.8 Å². The summed E-state index contributed by atoms with van der Waals surface area (Å²) in [5.41, 5.74) is 2.27. The Balaban J connectivity index is 1.70. The average Bonchev–Trinajstić information content (AvgIpc) is 2.99. The maximum Gasteiger partial charge on any atom is 0.242 e. The van der Waals surface area contributed by atoms with Gasteiger partial charge in [-0.15, -0.1) is 0 Å². The highest BCUT2D eigenvalue weighted by atomic mass is 16.5. The number of benzene rings is 1. The first kappa shape index (κ1) is 20.5. The lowest BCUT2D eigenvalue weighted by atomic mass is 9.98. The molecule has 6 heteroatoms. The highest BCUT2D eigenvalue weighted by Crippen LogP contribution is 2.33. The van der Waals surface area contributed by atoms with Gasteiger partial charge in [-0.2, -0.15) is 0 Å². The molecule has 6 nitrogen and oxygen atoms in total. The molecule has 1 aliphatic carbocycles. The highest BCUT2D eigenvalue weighted by molar-refractivity contribution is 5.84. The molecule has 1 saturated carbocycles. The molecular weight excluding hydrogens is 356 g/mol. The Morgan fingerprint density at radius 2 is 1.64 bits per heavy atom. The van der Waals surface area contributed by atoms with E-state index in [4.69, 9.17) is 9.47 Å². The van der Waals surface area contributed by atoms with Crippen LogP contribution in [0.1, 0.15) is 56.6 Å². The Bertz CT molecular complexity index is 711. The van der Waals surface area contributed by atoms with E-state index in [1.54, 1.807) is 26.0 Å². The van der Waals surface area contributed by atoms with Crippen LogP contribution in [0.25, 0.3) is 0 Å². The van der Waals surface area contributed by atoms with Gasteiger partial charge in [0, 0.05) is 26.1 Å². The van der Waals surface area contributed by atoms with Crippen LogP contribution in [0.15, 0.2) is 12.1 Å². The predicted octanol–water partition coefficient (Wildman–Crippen LogP) is 3.16. The van der Waals surface area contributed by atoms with E-state index < -0.39 is 0 Å². The number of carbonyl (C=O) groups is 2. The second-order valence-corrected chi connectivity index (χ2v) is 7.83. The number of fused-ring (bicyclic) bond motifs is 1. The summed E-state index contributed by atoms with van der Waals surface area (Å²) >= 11 is 0. The number of hydrogen-bond donors (Lipinski definition) is 0. The minimum absolute atomic E-state index is 0.00376. The van der Waals surface area contributed by atoms with Gasteiger partial charge in [-0.25, -0.2) is 0 Å². The van der Waals surface area contributed by atoms with Gasteiger partial charge >= 0.3 is 0 Å². The molecule has 3 rings (SSSR count). The fourth-order valence-corrected chi connectivity index (χ4v) is 4.41. The van der Waals surface area contributed by atoms with Gasteiger partial charge in [-0.3, -0.25) is 9.59 Å². The van der Waals surface area contributed by atoms with E-state index in [0.29, 0.717) is 18.8 Å². The number of hydrogen-bond acceptors (Lipinski definition) is 4. The van der Waals surface area contributed by atoms with E-state index in [9.17, 15) is 9.59 Å². The van der Waals surface area contributed by atoms with E-state index in [0.717, 1.165) is 43.4 Å². The van der Waals surface area contributed by atoms with Crippen LogP contribution in [0.4, 0.5) is 0 Å². The number of methoxy groups -OCH3 is 2. The molecule has 1 aromatic carbocycles. The van der Waals surface area contributed by atoms with Gasteiger partial charge in [0.1, 0.15) is 6.54 Å². The standard InChI is InChI=1S/C22H32N2O4/c1-16(25)24(19-8-6-4-5-7-9-19)15-22(26)23-11-10-17-12-20(27-2)21(28-3)13-18(17)14-23/h12-13,19H,4-11,14-15H2,1-3H3. The first-order chi connectivity index (χ1) is 13.5. The zero-order valence-corrected chi connectivity index (χ0v) is 17.3. The van der Waals surface area contributed by atoms with Gasteiger partial charge in [0.25, 0.3) is 0 Å². The van der Waals surface area contributed by atoms with E-state index in [2.05, 4.69) is 0 Å². The Labute approximate surface area is 167 Å². The van der Waals surface area contributed by atoms with Gasteiger partial charge in [-0.1, -0.05) is 25.7 Å². The molecule has 1 aliphatic heterocycles. The van der Waals surface area contributed by atoms with Gasteiger partial charge < -0.3 is 19.3 Å². The fraction of sp³-hybridized carbons (Fsp3) is 0.636. The number of carbonyl (C=O) groups excluding carboxylic acids is 2. The molecule has 0 radical (unpaired) electrons. The zero-order chi connectivity index (χ0) is 20.1. The lowest BCUT2D eigenvalue weighted by Crippen LogP contribution is -2.47. The van der Waals surface area contributed by atoms with Crippen LogP contribution in [0.3, 0.4) is 0 Å². The molecule has 0 N–H and O–H groups in total. The molecule has 2 aliphatic rings. The fourth-order valence-electron chi connectivity index (χ4n) is 4.41. The SMILES string of the molecule is COc1cc2c(cc1OC)CN(C(=O)CN(C(C)=O)C1CCCCCC1)CC2. The van der Waals surface area contributed by atoms with Crippen molar-refractivity contribution in [3.05, 3.63) is 23.3 Å². The Morgan fingerprint density at radius 3 is 2.21 bits per heavy atom. The quantitative estimate of drug-likeness (QED) is 0.727. The summed E-state index contributed by atoms with van der Waals surface area (Å²) in [7, 11) is 3.25. The van der Waals surface area contributed by atoms with E-state index >= 15 is 0 Å². The van der Waals surface area contributed by atoms with Crippen molar-refractivity contribution in [2.45, 2.75) is 64.5 Å². The number of amides is 2.